The quantitative estimate of drug-likeness (QED) is 0.104. The highest BCUT2D eigenvalue weighted by Crippen LogP contribution is 2.51. The lowest BCUT2D eigenvalue weighted by atomic mass is 10.1. The molecule has 4 nitrogen and oxygen atoms in total. The number of allylic oxidation sites excluding steroid dienone is 2. The third-order valence-electron chi connectivity index (χ3n) is 5.25. The summed E-state index contributed by atoms with van der Waals surface area (Å²) in [5, 5.41) is 0. The van der Waals surface area contributed by atoms with E-state index in [-0.39, 0.29) is 5.78 Å². The SMILES string of the molecule is CCCCCCCC/C=C\CCCCCCOP(=O)(O)C(CCC)[N+](C)(C)C. The molecule has 0 amide bonds. The molecule has 1 N–H and O–H groups in total. The maximum Gasteiger partial charge on any atom is 0.385 e. The van der Waals surface area contributed by atoms with E-state index in [2.05, 4.69) is 19.1 Å². The lowest BCUT2D eigenvalue weighted by molar-refractivity contribution is -0.883. The molecule has 0 aliphatic heterocycles. The first-order valence-corrected chi connectivity index (χ1v) is 13.3. The van der Waals surface area contributed by atoms with E-state index in [1.165, 1.54) is 51.4 Å². The first-order chi connectivity index (χ1) is 13.3. The number of hydrogen-bond donors (Lipinski definition) is 1. The third-order valence-corrected chi connectivity index (χ3v) is 7.51. The van der Waals surface area contributed by atoms with Gasteiger partial charge in [-0.3, -0.25) is 4.57 Å². The molecule has 0 rings (SSSR count). The van der Waals surface area contributed by atoms with E-state index in [4.69, 9.17) is 4.52 Å². The zero-order valence-corrected chi connectivity index (χ0v) is 20.4. The Morgan fingerprint density at radius 1 is 0.821 bits per heavy atom. The highest BCUT2D eigenvalue weighted by molar-refractivity contribution is 7.53. The summed E-state index contributed by atoms with van der Waals surface area (Å²) >= 11 is 0. The van der Waals surface area contributed by atoms with Crippen LogP contribution in [0.4, 0.5) is 0 Å². The normalized spacial score (nSPS) is 15.8. The number of quaternary nitrogens is 1. The van der Waals surface area contributed by atoms with Crippen molar-refractivity contribution in [2.45, 2.75) is 110 Å². The Kier molecular flexibility index (Phi) is 16.5. The summed E-state index contributed by atoms with van der Waals surface area (Å²) in [7, 11) is 2.33. The van der Waals surface area contributed by atoms with E-state index in [9.17, 15) is 9.46 Å². The first-order valence-electron chi connectivity index (χ1n) is 11.7. The first kappa shape index (κ1) is 27.8. The zero-order chi connectivity index (χ0) is 21.3. The fraction of sp³-hybridized carbons (Fsp3) is 0.913. The maximum atomic E-state index is 12.6. The van der Waals surface area contributed by atoms with Gasteiger partial charge in [0.2, 0.25) is 0 Å². The minimum absolute atomic E-state index is 0.339. The topological polar surface area (TPSA) is 46.5 Å². The van der Waals surface area contributed by atoms with Gasteiger partial charge in [-0.05, 0) is 38.5 Å². The standard InChI is InChI=1S/C23H48NO3P/c1-6-8-9-10-11-12-13-14-15-16-17-18-19-20-22-27-28(25,26)23(21-7-2)24(3,4)5/h14-15,23H,6-13,16-22H2,1-5H3/p+1/b15-14-. The van der Waals surface area contributed by atoms with Gasteiger partial charge in [-0.2, -0.15) is 0 Å². The molecule has 0 spiro atoms. The smallest absolute Gasteiger partial charge is 0.320 e. The molecule has 0 bridgehead atoms. The van der Waals surface area contributed by atoms with Gasteiger partial charge in [-0.25, -0.2) is 0 Å². The highest BCUT2D eigenvalue weighted by atomic mass is 31.2. The number of nitrogens with zero attached hydrogens (tertiary/aromatic N) is 1. The largest absolute Gasteiger partial charge is 0.385 e. The number of hydrogen-bond acceptors (Lipinski definition) is 2. The maximum absolute atomic E-state index is 12.6. The average molecular weight is 419 g/mol. The summed E-state index contributed by atoms with van der Waals surface area (Å²) in [5.41, 5.74) is 0. The summed E-state index contributed by atoms with van der Waals surface area (Å²) < 4.78 is 18.5. The summed E-state index contributed by atoms with van der Waals surface area (Å²) in [4.78, 5) is 10.4. The minimum Gasteiger partial charge on any atom is -0.320 e. The van der Waals surface area contributed by atoms with Crippen molar-refractivity contribution in [2.75, 3.05) is 27.7 Å². The van der Waals surface area contributed by atoms with Crippen LogP contribution in [-0.2, 0) is 9.09 Å². The van der Waals surface area contributed by atoms with E-state index in [0.29, 0.717) is 17.5 Å². The van der Waals surface area contributed by atoms with E-state index < -0.39 is 7.60 Å². The van der Waals surface area contributed by atoms with Crippen molar-refractivity contribution >= 4 is 7.60 Å². The van der Waals surface area contributed by atoms with Crippen molar-refractivity contribution in [3.8, 4) is 0 Å². The molecule has 0 aliphatic rings. The molecule has 0 fully saturated rings. The predicted octanol–water partition coefficient (Wildman–Crippen LogP) is 7.28. The predicted molar refractivity (Wildman–Crippen MR) is 123 cm³/mol. The molecule has 0 aromatic heterocycles. The summed E-state index contributed by atoms with van der Waals surface area (Å²) in [5.74, 6) is -0.339. The second kappa shape index (κ2) is 16.6. The second-order valence-corrected chi connectivity index (χ2v) is 11.0. The molecule has 0 radical (unpaired) electrons. The molecule has 0 aromatic rings. The molecule has 0 heterocycles. The molecule has 0 aromatic carbocycles. The van der Waals surface area contributed by atoms with Crippen LogP contribution >= 0.6 is 7.60 Å². The van der Waals surface area contributed by atoms with Crippen LogP contribution in [0.5, 0.6) is 0 Å². The van der Waals surface area contributed by atoms with Crippen molar-refractivity contribution in [3.63, 3.8) is 0 Å². The molecule has 28 heavy (non-hydrogen) atoms. The molecular formula is C23H49NO3P+. The highest BCUT2D eigenvalue weighted by Gasteiger charge is 2.41. The van der Waals surface area contributed by atoms with E-state index in [1.807, 2.05) is 28.1 Å². The van der Waals surface area contributed by atoms with Crippen LogP contribution in [0, 0.1) is 0 Å². The Morgan fingerprint density at radius 2 is 1.32 bits per heavy atom. The minimum atomic E-state index is -3.57. The van der Waals surface area contributed by atoms with Gasteiger partial charge in [-0.15, -0.1) is 0 Å². The fourth-order valence-corrected chi connectivity index (χ4v) is 5.55. The van der Waals surface area contributed by atoms with Crippen LogP contribution in [0.2, 0.25) is 0 Å². The molecule has 5 heteroatoms. The molecular weight excluding hydrogens is 369 g/mol. The van der Waals surface area contributed by atoms with Crippen LogP contribution in [0.15, 0.2) is 12.2 Å². The van der Waals surface area contributed by atoms with E-state index in [0.717, 1.165) is 32.1 Å². The lowest BCUT2D eigenvalue weighted by Crippen LogP contribution is -2.45. The van der Waals surface area contributed by atoms with Gasteiger partial charge >= 0.3 is 7.60 Å². The van der Waals surface area contributed by atoms with Gasteiger partial charge in [0, 0.05) is 6.42 Å². The van der Waals surface area contributed by atoms with E-state index >= 15 is 0 Å². The Balaban J connectivity index is 3.70. The van der Waals surface area contributed by atoms with Crippen molar-refractivity contribution in [1.82, 2.24) is 0 Å². The second-order valence-electron chi connectivity index (χ2n) is 9.01. The number of unbranched alkanes of at least 4 members (excludes halogenated alkanes) is 10. The Hall–Kier alpha value is -0.150. The molecule has 2 unspecified atom stereocenters. The van der Waals surface area contributed by atoms with Crippen molar-refractivity contribution in [2.24, 2.45) is 0 Å². The van der Waals surface area contributed by atoms with Crippen molar-refractivity contribution in [1.29, 1.82) is 0 Å². The summed E-state index contributed by atoms with van der Waals surface area (Å²) in [6, 6.07) is 0. The summed E-state index contributed by atoms with van der Waals surface area (Å²) in [6.07, 6.45) is 21.1. The van der Waals surface area contributed by atoms with Gasteiger partial charge < -0.3 is 13.9 Å². The Bertz CT molecular complexity index is 432. The van der Waals surface area contributed by atoms with Gasteiger partial charge in [-0.1, -0.05) is 70.9 Å². The van der Waals surface area contributed by atoms with Crippen LogP contribution in [-0.4, -0.2) is 42.9 Å². The van der Waals surface area contributed by atoms with E-state index in [1.54, 1.807) is 0 Å². The Morgan fingerprint density at radius 3 is 1.82 bits per heavy atom. The van der Waals surface area contributed by atoms with Gasteiger partial charge in [0.05, 0.1) is 27.7 Å². The fourth-order valence-electron chi connectivity index (χ4n) is 3.52. The third kappa shape index (κ3) is 14.8. The van der Waals surface area contributed by atoms with Crippen LogP contribution in [0.25, 0.3) is 0 Å². The molecule has 0 aliphatic carbocycles. The van der Waals surface area contributed by atoms with Gasteiger partial charge in [0.1, 0.15) is 0 Å². The molecule has 168 valence electrons. The number of rotatable bonds is 19. The summed E-state index contributed by atoms with van der Waals surface area (Å²) in [6.45, 7) is 4.70. The monoisotopic (exact) mass is 418 g/mol. The van der Waals surface area contributed by atoms with Gasteiger partial charge in [0.25, 0.3) is 0 Å². The van der Waals surface area contributed by atoms with Crippen molar-refractivity contribution in [3.05, 3.63) is 12.2 Å². The van der Waals surface area contributed by atoms with Crippen LogP contribution < -0.4 is 0 Å². The molecule has 0 saturated carbocycles. The zero-order valence-electron chi connectivity index (χ0n) is 19.5. The van der Waals surface area contributed by atoms with Crippen LogP contribution in [0.3, 0.4) is 0 Å². The van der Waals surface area contributed by atoms with Crippen LogP contribution in [0.1, 0.15) is 104 Å². The molecule has 0 saturated heterocycles. The Labute approximate surface area is 175 Å². The lowest BCUT2D eigenvalue weighted by Gasteiger charge is -2.35. The molecule has 2 atom stereocenters. The average Bonchev–Trinajstić information content (AvgIpc) is 2.61. The van der Waals surface area contributed by atoms with Gasteiger partial charge in [0.15, 0.2) is 5.78 Å². The van der Waals surface area contributed by atoms with Crippen molar-refractivity contribution < 1.29 is 18.5 Å².